The van der Waals surface area contributed by atoms with Gasteiger partial charge in [-0.25, -0.2) is 0 Å². The predicted molar refractivity (Wildman–Crippen MR) is 83.0 cm³/mol. The number of fused-ring (bicyclic) bond motifs is 1. The van der Waals surface area contributed by atoms with E-state index in [0.29, 0.717) is 5.02 Å². The number of hydrogen-bond acceptors (Lipinski definition) is 2. The van der Waals surface area contributed by atoms with Crippen LogP contribution >= 0.6 is 23.2 Å². The van der Waals surface area contributed by atoms with Crippen LogP contribution in [0.2, 0.25) is 10.0 Å². The van der Waals surface area contributed by atoms with Gasteiger partial charge in [0.2, 0.25) is 0 Å². The Kier molecular flexibility index (Phi) is 3.88. The molecule has 0 saturated carbocycles. The molecule has 0 spiro atoms. The lowest BCUT2D eigenvalue weighted by molar-refractivity contribution is 0.413. The lowest BCUT2D eigenvalue weighted by atomic mass is 9.89. The van der Waals surface area contributed by atoms with Crippen LogP contribution in [-0.4, -0.2) is 13.7 Å². The average Bonchev–Trinajstić information content (AvgIpc) is 2.48. The zero-order chi connectivity index (χ0) is 14.1. The van der Waals surface area contributed by atoms with Gasteiger partial charge in [0.25, 0.3) is 0 Å². The van der Waals surface area contributed by atoms with Gasteiger partial charge < -0.3 is 10.1 Å². The minimum absolute atomic E-state index is 0.0795. The van der Waals surface area contributed by atoms with Crippen molar-refractivity contribution >= 4 is 23.2 Å². The Morgan fingerprint density at radius 1 is 1.10 bits per heavy atom. The summed E-state index contributed by atoms with van der Waals surface area (Å²) in [7, 11) is 1.69. The molecule has 1 N–H and O–H groups in total. The second kappa shape index (κ2) is 5.65. The number of hydrogen-bond donors (Lipinski definition) is 1. The lowest BCUT2D eigenvalue weighted by Gasteiger charge is -2.28. The summed E-state index contributed by atoms with van der Waals surface area (Å²) in [5.41, 5.74) is 3.55. The first-order valence-electron chi connectivity index (χ1n) is 6.54. The van der Waals surface area contributed by atoms with Crippen molar-refractivity contribution in [2.24, 2.45) is 0 Å². The fourth-order valence-electron chi connectivity index (χ4n) is 2.68. The SMILES string of the molecule is COc1ccc2c(c1)CCNC2c1cc(Cl)ccc1Cl. The van der Waals surface area contributed by atoms with E-state index in [4.69, 9.17) is 27.9 Å². The van der Waals surface area contributed by atoms with Crippen LogP contribution in [0.1, 0.15) is 22.7 Å². The maximum absolute atomic E-state index is 6.33. The molecule has 3 rings (SSSR count). The first kappa shape index (κ1) is 13.7. The second-order valence-corrected chi connectivity index (χ2v) is 5.71. The Labute approximate surface area is 128 Å². The van der Waals surface area contributed by atoms with E-state index in [2.05, 4.69) is 17.4 Å². The molecule has 0 fully saturated rings. The van der Waals surface area contributed by atoms with E-state index in [9.17, 15) is 0 Å². The highest BCUT2D eigenvalue weighted by atomic mass is 35.5. The fourth-order valence-corrected chi connectivity index (χ4v) is 3.09. The van der Waals surface area contributed by atoms with Gasteiger partial charge in [-0.05, 0) is 53.4 Å². The Balaban J connectivity index is 2.07. The van der Waals surface area contributed by atoms with Crippen molar-refractivity contribution in [2.45, 2.75) is 12.5 Å². The van der Waals surface area contributed by atoms with Crippen LogP contribution in [0.15, 0.2) is 36.4 Å². The predicted octanol–water partition coefficient (Wildman–Crippen LogP) is 4.24. The first-order chi connectivity index (χ1) is 9.69. The smallest absolute Gasteiger partial charge is 0.119 e. The fraction of sp³-hybridized carbons (Fsp3) is 0.250. The lowest BCUT2D eigenvalue weighted by Crippen LogP contribution is -2.30. The van der Waals surface area contributed by atoms with Gasteiger partial charge in [-0.1, -0.05) is 29.3 Å². The molecule has 0 aliphatic carbocycles. The van der Waals surface area contributed by atoms with Gasteiger partial charge in [-0.3, -0.25) is 0 Å². The molecule has 2 nitrogen and oxygen atoms in total. The summed E-state index contributed by atoms with van der Waals surface area (Å²) in [6.07, 6.45) is 0.987. The third-order valence-electron chi connectivity index (χ3n) is 3.67. The summed E-state index contributed by atoms with van der Waals surface area (Å²) >= 11 is 12.4. The molecule has 0 radical (unpaired) electrons. The highest BCUT2D eigenvalue weighted by Gasteiger charge is 2.23. The monoisotopic (exact) mass is 307 g/mol. The maximum Gasteiger partial charge on any atom is 0.119 e. The normalized spacial score (nSPS) is 17.6. The summed E-state index contributed by atoms with van der Waals surface area (Å²) in [5, 5.41) is 4.95. The van der Waals surface area contributed by atoms with Crippen molar-refractivity contribution in [3.05, 3.63) is 63.1 Å². The summed E-state index contributed by atoms with van der Waals surface area (Å²) < 4.78 is 5.30. The molecule has 0 saturated heterocycles. The third kappa shape index (κ3) is 2.51. The number of halogens is 2. The Hall–Kier alpha value is -1.22. The molecule has 1 unspecified atom stereocenters. The quantitative estimate of drug-likeness (QED) is 0.896. The molecule has 2 aromatic rings. The first-order valence-corrected chi connectivity index (χ1v) is 7.30. The summed E-state index contributed by atoms with van der Waals surface area (Å²) in [6, 6.07) is 11.8. The van der Waals surface area contributed by atoms with Crippen molar-refractivity contribution < 1.29 is 4.74 Å². The zero-order valence-corrected chi connectivity index (χ0v) is 12.6. The van der Waals surface area contributed by atoms with Crippen LogP contribution < -0.4 is 10.1 Å². The van der Waals surface area contributed by atoms with Crippen molar-refractivity contribution in [1.29, 1.82) is 0 Å². The molecule has 20 heavy (non-hydrogen) atoms. The van der Waals surface area contributed by atoms with E-state index in [1.807, 2.05) is 24.3 Å². The average molecular weight is 308 g/mol. The molecule has 1 aliphatic heterocycles. The summed E-state index contributed by atoms with van der Waals surface area (Å²) in [4.78, 5) is 0. The molecule has 104 valence electrons. The van der Waals surface area contributed by atoms with Gasteiger partial charge in [0, 0.05) is 16.6 Å². The maximum atomic E-state index is 6.33. The van der Waals surface area contributed by atoms with Crippen LogP contribution in [-0.2, 0) is 6.42 Å². The Bertz CT molecular complexity index is 642. The Morgan fingerprint density at radius 3 is 2.75 bits per heavy atom. The van der Waals surface area contributed by atoms with Gasteiger partial charge in [0.05, 0.1) is 13.2 Å². The van der Waals surface area contributed by atoms with E-state index in [1.165, 1.54) is 11.1 Å². The van der Waals surface area contributed by atoms with E-state index in [0.717, 1.165) is 29.3 Å². The molecule has 0 bridgehead atoms. The molecular formula is C16H15Cl2NO. The minimum atomic E-state index is 0.0795. The van der Waals surface area contributed by atoms with Crippen LogP contribution in [0.4, 0.5) is 0 Å². The highest BCUT2D eigenvalue weighted by Crippen LogP contribution is 2.35. The number of ether oxygens (including phenoxy) is 1. The second-order valence-electron chi connectivity index (χ2n) is 4.87. The van der Waals surface area contributed by atoms with Crippen LogP contribution in [0.25, 0.3) is 0 Å². The molecule has 1 atom stereocenters. The standard InChI is InChI=1S/C16H15Cl2NO/c1-20-12-3-4-13-10(8-12)6-7-19-16(13)14-9-11(17)2-5-15(14)18/h2-5,8-9,16,19H,6-7H2,1H3. The van der Waals surface area contributed by atoms with Gasteiger partial charge in [0.1, 0.15) is 5.75 Å². The number of nitrogens with one attached hydrogen (secondary N) is 1. The molecule has 0 aromatic heterocycles. The van der Waals surface area contributed by atoms with Crippen molar-refractivity contribution in [1.82, 2.24) is 5.32 Å². The summed E-state index contributed by atoms with van der Waals surface area (Å²) in [5.74, 6) is 0.890. The zero-order valence-electron chi connectivity index (χ0n) is 11.1. The number of benzene rings is 2. The van der Waals surface area contributed by atoms with Gasteiger partial charge >= 0.3 is 0 Å². The van der Waals surface area contributed by atoms with E-state index < -0.39 is 0 Å². The topological polar surface area (TPSA) is 21.3 Å². The Morgan fingerprint density at radius 2 is 1.95 bits per heavy atom. The van der Waals surface area contributed by atoms with Gasteiger partial charge in [0.15, 0.2) is 0 Å². The van der Waals surface area contributed by atoms with Crippen molar-refractivity contribution in [3.63, 3.8) is 0 Å². The molecule has 1 heterocycles. The number of methoxy groups -OCH3 is 1. The van der Waals surface area contributed by atoms with E-state index in [-0.39, 0.29) is 6.04 Å². The highest BCUT2D eigenvalue weighted by molar-refractivity contribution is 6.33. The van der Waals surface area contributed by atoms with Crippen molar-refractivity contribution in [2.75, 3.05) is 13.7 Å². The van der Waals surface area contributed by atoms with E-state index in [1.54, 1.807) is 7.11 Å². The minimum Gasteiger partial charge on any atom is -0.497 e. The molecule has 2 aromatic carbocycles. The molecule has 0 amide bonds. The molecule has 4 heteroatoms. The molecule has 1 aliphatic rings. The van der Waals surface area contributed by atoms with Crippen LogP contribution in [0.3, 0.4) is 0 Å². The van der Waals surface area contributed by atoms with Crippen LogP contribution in [0.5, 0.6) is 5.75 Å². The third-order valence-corrected chi connectivity index (χ3v) is 4.25. The number of rotatable bonds is 2. The van der Waals surface area contributed by atoms with Gasteiger partial charge in [-0.2, -0.15) is 0 Å². The molecular weight excluding hydrogens is 293 g/mol. The van der Waals surface area contributed by atoms with E-state index >= 15 is 0 Å². The summed E-state index contributed by atoms with van der Waals surface area (Å²) in [6.45, 7) is 0.910. The van der Waals surface area contributed by atoms with Crippen molar-refractivity contribution in [3.8, 4) is 5.75 Å². The van der Waals surface area contributed by atoms with Crippen LogP contribution in [0, 0.1) is 0 Å². The van der Waals surface area contributed by atoms with Gasteiger partial charge in [-0.15, -0.1) is 0 Å². The largest absolute Gasteiger partial charge is 0.497 e.